The molecule has 148 valence electrons. The molecule has 9 nitrogen and oxygen atoms in total. The van der Waals surface area contributed by atoms with Gasteiger partial charge in [-0.3, -0.25) is 9.78 Å². The number of nitrogens with one attached hydrogen (secondary N) is 2. The lowest BCUT2D eigenvalue weighted by molar-refractivity contribution is 0.401. The van der Waals surface area contributed by atoms with Crippen LogP contribution in [0.2, 0.25) is 0 Å². The van der Waals surface area contributed by atoms with E-state index in [-0.39, 0.29) is 29.5 Å². The monoisotopic (exact) mass is 394 g/mol. The Morgan fingerprint density at radius 1 is 1.14 bits per heavy atom. The molecule has 0 radical (unpaired) electrons. The molecular formula is C20H18N4O5. The lowest BCUT2D eigenvalue weighted by Crippen LogP contribution is -2.33. The summed E-state index contributed by atoms with van der Waals surface area (Å²) >= 11 is 0. The van der Waals surface area contributed by atoms with E-state index in [1.165, 1.54) is 7.11 Å². The zero-order valence-electron chi connectivity index (χ0n) is 15.4. The Morgan fingerprint density at radius 3 is 2.69 bits per heavy atom. The molecule has 1 aliphatic rings. The number of hydrogen-bond acceptors (Lipinski definition) is 7. The summed E-state index contributed by atoms with van der Waals surface area (Å²) in [5, 5.41) is 24.7. The number of ether oxygens (including phenoxy) is 1. The van der Waals surface area contributed by atoms with E-state index in [9.17, 15) is 19.8 Å². The molecule has 0 amide bonds. The summed E-state index contributed by atoms with van der Waals surface area (Å²) in [7, 11) is 1.44. The maximum absolute atomic E-state index is 12.5. The lowest BCUT2D eigenvalue weighted by Gasteiger charge is -2.14. The smallest absolute Gasteiger partial charge is 0.335 e. The Hall–Kier alpha value is -4.01. The van der Waals surface area contributed by atoms with Crippen molar-refractivity contribution in [3.05, 3.63) is 80.5 Å². The van der Waals surface area contributed by atoms with Crippen LogP contribution in [0.3, 0.4) is 0 Å². The number of rotatable bonds is 4. The van der Waals surface area contributed by atoms with Gasteiger partial charge in [-0.25, -0.2) is 9.36 Å². The summed E-state index contributed by atoms with van der Waals surface area (Å²) in [6, 6.07) is 13.0. The summed E-state index contributed by atoms with van der Waals surface area (Å²) in [5.74, 6) is -0.0597. The predicted molar refractivity (Wildman–Crippen MR) is 106 cm³/mol. The molecule has 29 heavy (non-hydrogen) atoms. The Labute approximate surface area is 164 Å². The average molecular weight is 394 g/mol. The van der Waals surface area contributed by atoms with E-state index in [0.29, 0.717) is 11.5 Å². The molecule has 2 aromatic carbocycles. The second kappa shape index (κ2) is 7.19. The molecule has 1 unspecified atom stereocenters. The Kier molecular flexibility index (Phi) is 4.55. The van der Waals surface area contributed by atoms with Crippen LogP contribution >= 0.6 is 0 Å². The van der Waals surface area contributed by atoms with Crippen LogP contribution in [-0.4, -0.2) is 32.6 Å². The van der Waals surface area contributed by atoms with Crippen LogP contribution in [0.4, 0.5) is 0 Å². The van der Waals surface area contributed by atoms with E-state index < -0.39 is 17.1 Å². The van der Waals surface area contributed by atoms with Gasteiger partial charge in [-0.05, 0) is 29.8 Å². The molecule has 0 aliphatic carbocycles. The fourth-order valence-corrected chi connectivity index (χ4v) is 3.36. The molecule has 1 aromatic heterocycles. The first kappa shape index (κ1) is 18.4. The normalized spacial score (nSPS) is 15.6. The minimum atomic E-state index is -0.795. The fourth-order valence-electron chi connectivity index (χ4n) is 3.36. The molecule has 0 saturated heterocycles. The summed E-state index contributed by atoms with van der Waals surface area (Å²) in [6.07, 6.45) is 0.282. The first-order chi connectivity index (χ1) is 14.0. The van der Waals surface area contributed by atoms with Gasteiger partial charge < -0.3 is 20.4 Å². The van der Waals surface area contributed by atoms with Gasteiger partial charge in [0.25, 0.3) is 5.56 Å². The highest BCUT2D eigenvalue weighted by atomic mass is 16.5. The maximum Gasteiger partial charge on any atom is 0.335 e. The van der Waals surface area contributed by atoms with E-state index in [4.69, 9.17) is 4.74 Å². The van der Waals surface area contributed by atoms with Crippen molar-refractivity contribution in [1.82, 2.24) is 15.0 Å². The molecule has 0 spiro atoms. The van der Waals surface area contributed by atoms with Crippen molar-refractivity contribution in [2.24, 2.45) is 5.10 Å². The molecule has 0 bridgehead atoms. The third kappa shape index (κ3) is 3.22. The minimum Gasteiger partial charge on any atom is -0.508 e. The molecule has 1 aliphatic heterocycles. The van der Waals surface area contributed by atoms with Crippen molar-refractivity contribution in [3.8, 4) is 23.1 Å². The van der Waals surface area contributed by atoms with Crippen LogP contribution in [0, 0.1) is 0 Å². The van der Waals surface area contributed by atoms with E-state index >= 15 is 0 Å². The van der Waals surface area contributed by atoms with Gasteiger partial charge in [-0.2, -0.15) is 5.10 Å². The van der Waals surface area contributed by atoms with Crippen LogP contribution in [-0.2, 0) is 0 Å². The molecule has 3 aromatic rings. The maximum atomic E-state index is 12.5. The Morgan fingerprint density at radius 2 is 1.93 bits per heavy atom. The van der Waals surface area contributed by atoms with E-state index in [2.05, 4.69) is 15.5 Å². The molecular weight excluding hydrogens is 376 g/mol. The van der Waals surface area contributed by atoms with Crippen molar-refractivity contribution >= 4 is 5.71 Å². The number of phenolic OH excluding ortho intramolecular Hbond substituents is 1. The van der Waals surface area contributed by atoms with E-state index in [1.807, 2.05) is 6.07 Å². The highest BCUT2D eigenvalue weighted by Crippen LogP contribution is 2.30. The Balaban J connectivity index is 1.78. The zero-order valence-corrected chi connectivity index (χ0v) is 15.4. The van der Waals surface area contributed by atoms with Crippen LogP contribution in [0.1, 0.15) is 23.6 Å². The van der Waals surface area contributed by atoms with Crippen molar-refractivity contribution in [2.75, 3.05) is 7.11 Å². The number of phenols is 1. The minimum absolute atomic E-state index is 0.106. The molecule has 2 heterocycles. The number of aromatic amines is 1. The number of H-pyrrole nitrogens is 1. The molecule has 9 heteroatoms. The first-order valence-corrected chi connectivity index (χ1v) is 8.82. The van der Waals surface area contributed by atoms with Crippen LogP contribution < -0.4 is 21.4 Å². The predicted octanol–water partition coefficient (Wildman–Crippen LogP) is 1.38. The molecule has 0 fully saturated rings. The van der Waals surface area contributed by atoms with Gasteiger partial charge in [0.2, 0.25) is 5.88 Å². The van der Waals surface area contributed by atoms with Crippen LogP contribution in [0.15, 0.2) is 63.2 Å². The number of benzene rings is 2. The number of aromatic hydroxyl groups is 2. The number of hydrazone groups is 1. The topological polar surface area (TPSA) is 129 Å². The second-order valence-electron chi connectivity index (χ2n) is 6.50. The third-order valence-electron chi connectivity index (χ3n) is 4.73. The molecule has 4 N–H and O–H groups in total. The number of methoxy groups -OCH3 is 1. The van der Waals surface area contributed by atoms with E-state index in [1.54, 1.807) is 42.5 Å². The Bertz CT molecular complexity index is 1230. The van der Waals surface area contributed by atoms with Gasteiger partial charge in [0.05, 0.1) is 24.6 Å². The summed E-state index contributed by atoms with van der Waals surface area (Å²) in [6.45, 7) is 0. The highest BCUT2D eigenvalue weighted by Gasteiger charge is 2.28. The van der Waals surface area contributed by atoms with Crippen molar-refractivity contribution in [2.45, 2.75) is 12.5 Å². The number of hydrogen-bond donors (Lipinski definition) is 4. The average Bonchev–Trinajstić information content (AvgIpc) is 3.18. The molecule has 4 rings (SSSR count). The summed E-state index contributed by atoms with van der Waals surface area (Å²) < 4.78 is 6.23. The number of aromatic nitrogens is 2. The van der Waals surface area contributed by atoms with Crippen molar-refractivity contribution < 1.29 is 14.9 Å². The second-order valence-corrected chi connectivity index (χ2v) is 6.50. The van der Waals surface area contributed by atoms with Gasteiger partial charge in [-0.15, -0.1) is 0 Å². The molecule has 0 saturated carbocycles. The lowest BCUT2D eigenvalue weighted by atomic mass is 10.00. The number of para-hydroxylation sites is 2. The first-order valence-electron chi connectivity index (χ1n) is 8.82. The van der Waals surface area contributed by atoms with Gasteiger partial charge in [0.15, 0.2) is 0 Å². The largest absolute Gasteiger partial charge is 0.508 e. The van der Waals surface area contributed by atoms with Crippen LogP contribution in [0.5, 0.6) is 17.4 Å². The third-order valence-corrected chi connectivity index (χ3v) is 4.73. The summed E-state index contributed by atoms with van der Waals surface area (Å²) in [5.41, 5.74) is 2.61. The van der Waals surface area contributed by atoms with Gasteiger partial charge >= 0.3 is 5.69 Å². The quantitative estimate of drug-likeness (QED) is 0.529. The van der Waals surface area contributed by atoms with Gasteiger partial charge in [0.1, 0.15) is 17.1 Å². The van der Waals surface area contributed by atoms with Gasteiger partial charge in [-0.1, -0.05) is 24.3 Å². The summed E-state index contributed by atoms with van der Waals surface area (Å²) in [4.78, 5) is 27.1. The molecule has 1 atom stereocenters. The zero-order chi connectivity index (χ0) is 20.5. The van der Waals surface area contributed by atoms with Gasteiger partial charge in [0, 0.05) is 6.42 Å². The number of nitrogens with zero attached hydrogens (tertiary/aromatic N) is 2. The van der Waals surface area contributed by atoms with E-state index in [0.717, 1.165) is 10.1 Å². The van der Waals surface area contributed by atoms with Crippen molar-refractivity contribution in [3.63, 3.8) is 0 Å². The van der Waals surface area contributed by atoms with Crippen LogP contribution in [0.25, 0.3) is 5.69 Å². The van der Waals surface area contributed by atoms with Crippen molar-refractivity contribution in [1.29, 1.82) is 0 Å². The highest BCUT2D eigenvalue weighted by molar-refractivity contribution is 6.03. The standard InChI is InChI=1S/C20H18N4O5/c1-29-16-8-3-2-7-15(16)24-19(27)17(18(26)21-20(24)28)14-10-13(22-23-14)11-5-4-6-12(25)9-11/h2-9,13,22,25,27H,10H2,1H3,(H,21,26,28). The fraction of sp³-hybridized carbons (Fsp3) is 0.150. The SMILES string of the molecule is COc1ccccc1-n1c(O)c(C2=NNC(c3cccc(O)c3)C2)c(=O)[nH]c1=O.